The lowest BCUT2D eigenvalue weighted by Crippen LogP contribution is -2.25. The number of aromatic nitrogens is 2. The van der Waals surface area contributed by atoms with Gasteiger partial charge < -0.3 is 10.2 Å². The quantitative estimate of drug-likeness (QED) is 0.942. The largest absolute Gasteiger partial charge is 0.357 e. The first-order valence-corrected chi connectivity index (χ1v) is 8.42. The van der Waals surface area contributed by atoms with Crippen molar-refractivity contribution >= 4 is 23.1 Å². The topological polar surface area (TPSA) is 58.1 Å². The molecule has 5 nitrogen and oxygen atoms in total. The highest BCUT2D eigenvalue weighted by atomic mass is 32.1. The van der Waals surface area contributed by atoms with Crippen molar-refractivity contribution in [3.63, 3.8) is 0 Å². The van der Waals surface area contributed by atoms with Gasteiger partial charge in [0.15, 0.2) is 0 Å². The monoisotopic (exact) mass is 316 g/mol. The molecule has 0 radical (unpaired) electrons. The van der Waals surface area contributed by atoms with Gasteiger partial charge in [0, 0.05) is 24.8 Å². The number of anilines is 1. The number of carbonyl (C=O) groups excluding carboxylic acids is 1. The molecule has 0 unspecified atom stereocenters. The normalized spacial score (nSPS) is 14.4. The Morgan fingerprint density at radius 3 is 2.73 bits per heavy atom. The molecule has 0 spiro atoms. The number of hydrogen-bond donors (Lipinski definition) is 1. The molecule has 116 valence electrons. The molecule has 0 saturated carbocycles. The smallest absolute Gasteiger partial charge is 0.261 e. The van der Waals surface area contributed by atoms with Gasteiger partial charge in [-0.2, -0.15) is 0 Å². The molecule has 22 heavy (non-hydrogen) atoms. The molecule has 0 aromatic carbocycles. The van der Waals surface area contributed by atoms with Gasteiger partial charge in [-0.3, -0.25) is 4.79 Å². The maximum absolute atomic E-state index is 12.1. The Morgan fingerprint density at radius 2 is 2.05 bits per heavy atom. The number of carbonyl (C=O) groups is 1. The van der Waals surface area contributed by atoms with Gasteiger partial charge in [-0.05, 0) is 43.7 Å². The maximum atomic E-state index is 12.1. The Bertz CT molecular complexity index is 677. The van der Waals surface area contributed by atoms with Crippen molar-refractivity contribution in [3.05, 3.63) is 39.5 Å². The van der Waals surface area contributed by atoms with E-state index in [-0.39, 0.29) is 5.91 Å². The van der Waals surface area contributed by atoms with E-state index in [0.717, 1.165) is 35.0 Å². The lowest BCUT2D eigenvalue weighted by Gasteiger charge is -2.17. The zero-order valence-electron chi connectivity index (χ0n) is 12.9. The molecule has 1 aliphatic heterocycles. The molecule has 6 heteroatoms. The van der Waals surface area contributed by atoms with Crippen LogP contribution in [0.4, 0.5) is 5.82 Å². The number of hydrogen-bond acceptors (Lipinski definition) is 5. The molecule has 1 amide bonds. The Labute approximate surface area is 134 Å². The van der Waals surface area contributed by atoms with Crippen molar-refractivity contribution in [2.24, 2.45) is 0 Å². The van der Waals surface area contributed by atoms with Crippen LogP contribution >= 0.6 is 11.3 Å². The zero-order chi connectivity index (χ0) is 15.5. The summed E-state index contributed by atoms with van der Waals surface area (Å²) in [5, 5.41) is 4.88. The molecular weight excluding hydrogens is 296 g/mol. The van der Waals surface area contributed by atoms with Crippen LogP contribution in [-0.4, -0.2) is 29.0 Å². The molecule has 0 aliphatic carbocycles. The SMILES string of the molecule is Cc1csc(C(=O)NCc2nc(C)cc(N3CCCC3)n2)c1. The van der Waals surface area contributed by atoms with E-state index in [4.69, 9.17) is 0 Å². The summed E-state index contributed by atoms with van der Waals surface area (Å²) in [4.78, 5) is 24.1. The van der Waals surface area contributed by atoms with Crippen molar-refractivity contribution in [1.29, 1.82) is 0 Å². The Hall–Kier alpha value is -1.95. The molecule has 0 atom stereocenters. The lowest BCUT2D eigenvalue weighted by atomic mass is 10.3. The van der Waals surface area contributed by atoms with Gasteiger partial charge in [-0.25, -0.2) is 9.97 Å². The Balaban J connectivity index is 1.68. The van der Waals surface area contributed by atoms with Crippen LogP contribution in [0.3, 0.4) is 0 Å². The fourth-order valence-corrected chi connectivity index (χ4v) is 3.41. The molecule has 1 N–H and O–H groups in total. The fraction of sp³-hybridized carbons (Fsp3) is 0.438. The molecule has 3 rings (SSSR count). The van der Waals surface area contributed by atoms with E-state index in [9.17, 15) is 4.79 Å². The van der Waals surface area contributed by atoms with Crippen molar-refractivity contribution in [3.8, 4) is 0 Å². The highest BCUT2D eigenvalue weighted by Gasteiger charge is 2.15. The van der Waals surface area contributed by atoms with E-state index in [1.807, 2.05) is 31.4 Å². The Morgan fingerprint density at radius 1 is 1.27 bits per heavy atom. The van der Waals surface area contributed by atoms with Gasteiger partial charge in [-0.1, -0.05) is 0 Å². The summed E-state index contributed by atoms with van der Waals surface area (Å²) in [6.07, 6.45) is 2.43. The van der Waals surface area contributed by atoms with Crippen LogP contribution in [0.5, 0.6) is 0 Å². The summed E-state index contributed by atoms with van der Waals surface area (Å²) >= 11 is 1.46. The second-order valence-electron chi connectivity index (χ2n) is 5.65. The summed E-state index contributed by atoms with van der Waals surface area (Å²) in [6, 6.07) is 3.91. The third-order valence-electron chi connectivity index (χ3n) is 3.68. The van der Waals surface area contributed by atoms with E-state index >= 15 is 0 Å². The van der Waals surface area contributed by atoms with E-state index in [0.29, 0.717) is 12.4 Å². The fourth-order valence-electron chi connectivity index (χ4n) is 2.60. The van der Waals surface area contributed by atoms with Crippen LogP contribution in [0, 0.1) is 13.8 Å². The van der Waals surface area contributed by atoms with Crippen LogP contribution in [0.15, 0.2) is 17.5 Å². The molecule has 1 saturated heterocycles. The van der Waals surface area contributed by atoms with E-state index in [1.165, 1.54) is 24.2 Å². The van der Waals surface area contributed by atoms with Crippen LogP contribution in [-0.2, 0) is 6.54 Å². The zero-order valence-corrected chi connectivity index (χ0v) is 13.7. The molecule has 2 aromatic rings. The van der Waals surface area contributed by atoms with Gasteiger partial charge >= 0.3 is 0 Å². The minimum atomic E-state index is -0.0640. The highest BCUT2D eigenvalue weighted by Crippen LogP contribution is 2.18. The first-order valence-electron chi connectivity index (χ1n) is 7.54. The average Bonchev–Trinajstić information content (AvgIpc) is 3.15. The summed E-state index contributed by atoms with van der Waals surface area (Å²) < 4.78 is 0. The summed E-state index contributed by atoms with van der Waals surface area (Å²) in [5.41, 5.74) is 2.05. The number of amides is 1. The molecule has 1 aliphatic rings. The number of nitrogens with zero attached hydrogens (tertiary/aromatic N) is 3. The lowest BCUT2D eigenvalue weighted by molar-refractivity contribution is 0.0954. The molecule has 1 fully saturated rings. The third-order valence-corrected chi connectivity index (χ3v) is 4.73. The first-order chi connectivity index (χ1) is 10.6. The van der Waals surface area contributed by atoms with Crippen LogP contribution in [0.2, 0.25) is 0 Å². The Kier molecular flexibility index (Phi) is 4.38. The van der Waals surface area contributed by atoms with E-state index in [2.05, 4.69) is 20.2 Å². The number of aryl methyl sites for hydroxylation is 2. The van der Waals surface area contributed by atoms with Gasteiger partial charge in [0.2, 0.25) is 0 Å². The average molecular weight is 316 g/mol. The predicted octanol–water partition coefficient (Wildman–Crippen LogP) is 2.69. The van der Waals surface area contributed by atoms with Gasteiger partial charge in [0.05, 0.1) is 11.4 Å². The van der Waals surface area contributed by atoms with Crippen molar-refractivity contribution in [1.82, 2.24) is 15.3 Å². The summed E-state index contributed by atoms with van der Waals surface area (Å²) in [7, 11) is 0. The second kappa shape index (κ2) is 6.44. The highest BCUT2D eigenvalue weighted by molar-refractivity contribution is 7.12. The van der Waals surface area contributed by atoms with Crippen LogP contribution in [0.1, 0.15) is 39.6 Å². The third kappa shape index (κ3) is 3.44. The number of nitrogens with one attached hydrogen (secondary N) is 1. The van der Waals surface area contributed by atoms with E-state index < -0.39 is 0 Å². The van der Waals surface area contributed by atoms with Crippen molar-refractivity contribution in [2.75, 3.05) is 18.0 Å². The summed E-state index contributed by atoms with van der Waals surface area (Å²) in [6.45, 7) is 6.42. The van der Waals surface area contributed by atoms with Crippen molar-refractivity contribution in [2.45, 2.75) is 33.2 Å². The van der Waals surface area contributed by atoms with E-state index in [1.54, 1.807) is 0 Å². The predicted molar refractivity (Wildman–Crippen MR) is 88.4 cm³/mol. The number of thiophene rings is 1. The number of rotatable bonds is 4. The standard InChI is InChI=1S/C16H20N4OS/c1-11-7-13(22-10-11)16(21)17-9-14-18-12(2)8-15(19-14)20-5-3-4-6-20/h7-8,10H,3-6,9H2,1-2H3,(H,17,21). The van der Waals surface area contributed by atoms with Crippen LogP contribution in [0.25, 0.3) is 0 Å². The maximum Gasteiger partial charge on any atom is 0.261 e. The first kappa shape index (κ1) is 15.0. The minimum absolute atomic E-state index is 0.0640. The van der Waals surface area contributed by atoms with Gasteiger partial charge in [0.25, 0.3) is 5.91 Å². The van der Waals surface area contributed by atoms with Gasteiger partial charge in [0.1, 0.15) is 11.6 Å². The molecule has 2 aromatic heterocycles. The minimum Gasteiger partial charge on any atom is -0.357 e. The van der Waals surface area contributed by atoms with Crippen LogP contribution < -0.4 is 10.2 Å². The van der Waals surface area contributed by atoms with Gasteiger partial charge in [-0.15, -0.1) is 11.3 Å². The van der Waals surface area contributed by atoms with Crippen molar-refractivity contribution < 1.29 is 4.79 Å². The molecule has 0 bridgehead atoms. The second-order valence-corrected chi connectivity index (χ2v) is 6.56. The summed E-state index contributed by atoms with van der Waals surface area (Å²) in [5.74, 6) is 1.58. The molecular formula is C16H20N4OS. The molecule has 3 heterocycles.